The zero-order valence-corrected chi connectivity index (χ0v) is 14.2. The lowest BCUT2D eigenvalue weighted by atomic mass is 10.2. The van der Waals surface area contributed by atoms with Crippen molar-refractivity contribution in [2.75, 3.05) is 4.90 Å². The number of carbonyl (C=O) groups is 2. The number of hydrogen-bond donors (Lipinski definition) is 1. The van der Waals surface area contributed by atoms with Crippen molar-refractivity contribution in [1.29, 1.82) is 0 Å². The Morgan fingerprint density at radius 2 is 1.75 bits per heavy atom. The van der Waals surface area contributed by atoms with Gasteiger partial charge < -0.3 is 4.74 Å². The standard InChI is InChI=1S/C11H5Cl3F4N2O3S/c12-5-3-4(1-2-6(5)23-11(16,17)18)19-7(21)8(24)20(9(19)22)10(13,14)15/h1-3,8,24H. The molecule has 0 radical (unpaired) electrons. The number of anilines is 1. The predicted molar refractivity (Wildman–Crippen MR) is 81.2 cm³/mol. The smallest absolute Gasteiger partial charge is 0.404 e. The first kappa shape index (κ1) is 19.2. The number of imide groups is 1. The number of urea groups is 1. The molecule has 0 bridgehead atoms. The van der Waals surface area contributed by atoms with Crippen LogP contribution in [0.3, 0.4) is 0 Å². The molecule has 1 saturated heterocycles. The second kappa shape index (κ2) is 6.32. The van der Waals surface area contributed by atoms with Gasteiger partial charge in [-0.15, -0.1) is 25.8 Å². The summed E-state index contributed by atoms with van der Waals surface area (Å²) < 4.78 is 50.6. The molecule has 24 heavy (non-hydrogen) atoms. The summed E-state index contributed by atoms with van der Waals surface area (Å²) in [6, 6.07) is 1.30. The zero-order valence-electron chi connectivity index (χ0n) is 11.0. The molecule has 0 saturated carbocycles. The number of alkyl halides is 6. The van der Waals surface area contributed by atoms with Crippen LogP contribution in [0.5, 0.6) is 5.75 Å². The average molecular weight is 428 g/mol. The molecule has 13 heteroatoms. The topological polar surface area (TPSA) is 49.9 Å². The van der Waals surface area contributed by atoms with Crippen molar-refractivity contribution in [1.82, 2.24) is 4.90 Å². The predicted octanol–water partition coefficient (Wildman–Crippen LogP) is 4.32. The molecule has 1 aromatic carbocycles. The van der Waals surface area contributed by atoms with E-state index in [1.165, 1.54) is 0 Å². The molecule has 2 rings (SSSR count). The number of ether oxygens (including phenoxy) is 1. The van der Waals surface area contributed by atoms with Gasteiger partial charge in [-0.25, -0.2) is 14.6 Å². The minimum Gasteiger partial charge on any atom is -0.404 e. The number of benzene rings is 1. The summed E-state index contributed by atoms with van der Waals surface area (Å²) in [6.45, 7) is 0. The lowest BCUT2D eigenvalue weighted by molar-refractivity contribution is -0.274. The van der Waals surface area contributed by atoms with Gasteiger partial charge in [0.2, 0.25) is 0 Å². The number of rotatable bonds is 3. The van der Waals surface area contributed by atoms with Crippen LogP contribution in [-0.4, -0.2) is 33.3 Å². The Hall–Kier alpha value is -1.10. The maximum absolute atomic E-state index is 13.6. The fraction of sp³-hybridized carbons (Fsp3) is 0.273. The molecule has 0 aliphatic carbocycles. The van der Waals surface area contributed by atoms with Crippen molar-refractivity contribution < 1.29 is 31.9 Å². The second-order valence-corrected chi connectivity index (χ2v) is 6.42. The molecule has 1 fully saturated rings. The summed E-state index contributed by atoms with van der Waals surface area (Å²) in [4.78, 5) is 24.7. The molecule has 0 aromatic heterocycles. The molecule has 1 unspecified atom stereocenters. The maximum atomic E-state index is 13.6. The van der Waals surface area contributed by atoms with E-state index in [1.807, 2.05) is 0 Å². The minimum absolute atomic E-state index is 0.135. The van der Waals surface area contributed by atoms with Gasteiger partial charge in [0.15, 0.2) is 5.37 Å². The Labute approximate surface area is 152 Å². The Morgan fingerprint density at radius 1 is 1.17 bits per heavy atom. The van der Waals surface area contributed by atoms with Gasteiger partial charge in [0.25, 0.3) is 5.91 Å². The first-order valence-electron chi connectivity index (χ1n) is 5.80. The number of hydrogen-bond acceptors (Lipinski definition) is 4. The fourth-order valence-electron chi connectivity index (χ4n) is 1.85. The summed E-state index contributed by atoms with van der Waals surface area (Å²) in [5.74, 6) is -1.77. The quantitative estimate of drug-likeness (QED) is 0.257. The summed E-state index contributed by atoms with van der Waals surface area (Å²) in [5.41, 5.74) is -0.247. The highest BCUT2D eigenvalue weighted by Crippen LogP contribution is 2.40. The summed E-state index contributed by atoms with van der Waals surface area (Å²) >= 11 is 19.7. The van der Waals surface area contributed by atoms with E-state index >= 15 is 0 Å². The van der Waals surface area contributed by atoms with Crippen LogP contribution in [0, 0.1) is 0 Å². The monoisotopic (exact) mass is 426 g/mol. The van der Waals surface area contributed by atoms with Crippen LogP contribution in [0.25, 0.3) is 0 Å². The van der Waals surface area contributed by atoms with Gasteiger partial charge in [0.1, 0.15) is 5.75 Å². The number of thiol groups is 1. The summed E-state index contributed by atoms with van der Waals surface area (Å²) in [7, 11) is 0. The third-order valence-electron chi connectivity index (χ3n) is 2.76. The first-order valence-corrected chi connectivity index (χ1v) is 7.45. The molecule has 1 atom stereocenters. The highest BCUT2D eigenvalue weighted by molar-refractivity contribution is 7.81. The van der Waals surface area contributed by atoms with E-state index in [2.05, 4.69) is 17.4 Å². The lowest BCUT2D eigenvalue weighted by Gasteiger charge is -2.24. The van der Waals surface area contributed by atoms with Crippen LogP contribution in [0.1, 0.15) is 0 Å². The molecule has 0 spiro atoms. The van der Waals surface area contributed by atoms with Gasteiger partial charge >= 0.3 is 17.1 Å². The van der Waals surface area contributed by atoms with E-state index < -0.39 is 39.2 Å². The van der Waals surface area contributed by atoms with Crippen molar-refractivity contribution in [3.05, 3.63) is 23.2 Å². The highest BCUT2D eigenvalue weighted by Gasteiger charge is 2.53. The van der Waals surface area contributed by atoms with Gasteiger partial charge in [0, 0.05) is 0 Å². The van der Waals surface area contributed by atoms with Crippen molar-refractivity contribution in [3.8, 4) is 5.75 Å². The van der Waals surface area contributed by atoms with E-state index in [9.17, 15) is 27.2 Å². The van der Waals surface area contributed by atoms with Crippen molar-refractivity contribution >= 4 is 65.1 Å². The van der Waals surface area contributed by atoms with Crippen LogP contribution in [0.15, 0.2) is 18.2 Å². The average Bonchev–Trinajstić information content (AvgIpc) is 2.61. The van der Waals surface area contributed by atoms with Crippen LogP contribution in [0.4, 0.5) is 28.0 Å². The molecule has 1 heterocycles. The van der Waals surface area contributed by atoms with Gasteiger partial charge in [0.05, 0.1) is 10.7 Å². The van der Waals surface area contributed by atoms with E-state index in [-0.39, 0.29) is 10.6 Å². The molecule has 1 aliphatic rings. The third kappa shape index (κ3) is 3.76. The van der Waals surface area contributed by atoms with Gasteiger partial charge in [-0.3, -0.25) is 4.79 Å². The zero-order chi connectivity index (χ0) is 18.4. The Balaban J connectivity index is 2.37. The minimum atomic E-state index is -4.98. The van der Waals surface area contributed by atoms with E-state index in [1.54, 1.807) is 0 Å². The number of halogens is 7. The summed E-state index contributed by atoms with van der Waals surface area (Å²) in [5, 5.41) is -2.18. The second-order valence-electron chi connectivity index (χ2n) is 4.33. The maximum Gasteiger partial charge on any atom is 0.573 e. The number of nitrogens with zero attached hydrogens (tertiary/aromatic N) is 2. The largest absolute Gasteiger partial charge is 0.573 e. The van der Waals surface area contributed by atoms with Gasteiger partial charge in [-0.05, 0) is 41.4 Å². The first-order chi connectivity index (χ1) is 10.8. The van der Waals surface area contributed by atoms with Crippen LogP contribution in [-0.2, 0) is 4.79 Å². The molecular formula is C11H5Cl3F4N2O3S. The fourth-order valence-corrected chi connectivity index (χ4v) is 2.92. The SMILES string of the molecule is O=C1C(S)N(C(F)(Cl)Cl)C(=O)N1c1ccc(OC(F)(F)F)c(Cl)c1. The molecule has 1 aliphatic heterocycles. The van der Waals surface area contributed by atoms with E-state index in [4.69, 9.17) is 34.8 Å². The molecule has 5 nitrogen and oxygen atoms in total. The van der Waals surface area contributed by atoms with Gasteiger partial charge in [-0.1, -0.05) is 11.6 Å². The lowest BCUT2D eigenvalue weighted by Crippen LogP contribution is -2.42. The molecule has 132 valence electrons. The normalized spacial score (nSPS) is 19.2. The van der Waals surface area contributed by atoms with Crippen LogP contribution < -0.4 is 9.64 Å². The van der Waals surface area contributed by atoms with E-state index in [0.29, 0.717) is 4.90 Å². The van der Waals surface area contributed by atoms with Crippen LogP contribution in [0.2, 0.25) is 5.02 Å². The molecule has 0 N–H and O–H groups in total. The highest BCUT2D eigenvalue weighted by atomic mass is 35.5. The van der Waals surface area contributed by atoms with E-state index in [0.717, 1.165) is 18.2 Å². The third-order valence-corrected chi connectivity index (χ3v) is 3.87. The Kier molecular flexibility index (Phi) is 5.06. The molecule has 3 amide bonds. The van der Waals surface area contributed by atoms with Crippen molar-refractivity contribution in [2.45, 2.75) is 16.4 Å². The van der Waals surface area contributed by atoms with Crippen molar-refractivity contribution in [2.24, 2.45) is 0 Å². The number of amides is 3. The molecule has 1 aromatic rings. The van der Waals surface area contributed by atoms with Gasteiger partial charge in [-0.2, -0.15) is 4.39 Å². The number of carbonyl (C=O) groups excluding carboxylic acids is 2. The van der Waals surface area contributed by atoms with Crippen LogP contribution >= 0.6 is 47.4 Å². The Morgan fingerprint density at radius 3 is 2.17 bits per heavy atom. The summed E-state index contributed by atoms with van der Waals surface area (Å²) in [6.07, 6.45) is -4.98. The Bertz CT molecular complexity index is 698. The molecular weight excluding hydrogens is 423 g/mol. The van der Waals surface area contributed by atoms with Crippen molar-refractivity contribution in [3.63, 3.8) is 0 Å².